The summed E-state index contributed by atoms with van der Waals surface area (Å²) >= 11 is 0. The molecule has 104 valence electrons. The number of carbonyl (C=O) groups is 2. The Morgan fingerprint density at radius 1 is 1.39 bits per heavy atom. The van der Waals surface area contributed by atoms with E-state index in [0.717, 1.165) is 0 Å². The molecule has 6 heteroatoms. The average molecular weight is 260 g/mol. The molecule has 1 heterocycles. The molecule has 1 saturated heterocycles. The molecule has 0 saturated carbocycles. The number of esters is 1. The quantitative estimate of drug-likeness (QED) is 0.502. The van der Waals surface area contributed by atoms with Crippen LogP contribution in [0.5, 0.6) is 0 Å². The third kappa shape index (κ3) is 6.09. The van der Waals surface area contributed by atoms with Crippen LogP contribution in [0.3, 0.4) is 0 Å². The van der Waals surface area contributed by atoms with Gasteiger partial charge in [-0.1, -0.05) is 0 Å². The minimum atomic E-state index is -0.698. The van der Waals surface area contributed by atoms with Gasteiger partial charge in [-0.05, 0) is 13.8 Å². The van der Waals surface area contributed by atoms with Gasteiger partial charge in [-0.3, -0.25) is 9.59 Å². The molecular weight excluding hydrogens is 240 g/mol. The molecule has 1 N–H and O–H groups in total. The molecule has 0 bridgehead atoms. The van der Waals surface area contributed by atoms with E-state index in [1.165, 1.54) is 13.8 Å². The summed E-state index contributed by atoms with van der Waals surface area (Å²) in [5.74, 6) is -0.428. The molecule has 1 aliphatic rings. The highest BCUT2D eigenvalue weighted by Crippen LogP contribution is 2.25. The van der Waals surface area contributed by atoms with Gasteiger partial charge in [0.25, 0.3) is 0 Å². The lowest BCUT2D eigenvalue weighted by Gasteiger charge is -2.21. The molecule has 18 heavy (non-hydrogen) atoms. The predicted molar refractivity (Wildman–Crippen MR) is 61.8 cm³/mol. The summed E-state index contributed by atoms with van der Waals surface area (Å²) in [5.41, 5.74) is 0. The summed E-state index contributed by atoms with van der Waals surface area (Å²) in [5, 5.41) is 9.03. The summed E-state index contributed by atoms with van der Waals surface area (Å²) in [6, 6.07) is 0. The SMILES string of the molecule is CC(=O)CC(COC(C)=O)OC(C)CC1OC1O. The van der Waals surface area contributed by atoms with Crippen LogP contribution in [0.25, 0.3) is 0 Å². The number of hydrogen-bond donors (Lipinski definition) is 1. The minimum absolute atomic E-state index is 0.0259. The lowest BCUT2D eigenvalue weighted by Crippen LogP contribution is -2.28. The van der Waals surface area contributed by atoms with Crippen molar-refractivity contribution in [3.8, 4) is 0 Å². The maximum atomic E-state index is 11.1. The van der Waals surface area contributed by atoms with Gasteiger partial charge >= 0.3 is 5.97 Å². The second-order valence-corrected chi connectivity index (χ2v) is 4.58. The smallest absolute Gasteiger partial charge is 0.302 e. The summed E-state index contributed by atoms with van der Waals surface area (Å²) in [6.45, 7) is 4.66. The molecule has 6 nitrogen and oxygen atoms in total. The molecule has 0 aromatic heterocycles. The Morgan fingerprint density at radius 2 is 2.00 bits per heavy atom. The molecule has 1 fully saturated rings. The lowest BCUT2D eigenvalue weighted by molar-refractivity contribution is -0.148. The summed E-state index contributed by atoms with van der Waals surface area (Å²) < 4.78 is 15.3. The third-order valence-electron chi connectivity index (χ3n) is 2.53. The Bertz CT molecular complexity index is 303. The number of aliphatic hydroxyl groups is 1. The number of epoxide rings is 1. The summed E-state index contributed by atoms with van der Waals surface area (Å²) in [7, 11) is 0. The van der Waals surface area contributed by atoms with E-state index in [4.69, 9.17) is 19.3 Å². The summed E-state index contributed by atoms with van der Waals surface area (Å²) in [4.78, 5) is 21.8. The van der Waals surface area contributed by atoms with Crippen LogP contribution in [0.15, 0.2) is 0 Å². The number of ether oxygens (including phenoxy) is 3. The van der Waals surface area contributed by atoms with Gasteiger partial charge in [-0.15, -0.1) is 0 Å². The first kappa shape index (κ1) is 15.1. The zero-order valence-electron chi connectivity index (χ0n) is 10.9. The van der Waals surface area contributed by atoms with Crippen molar-refractivity contribution in [2.24, 2.45) is 0 Å². The highest BCUT2D eigenvalue weighted by molar-refractivity contribution is 5.76. The third-order valence-corrected chi connectivity index (χ3v) is 2.53. The number of ketones is 1. The first-order valence-electron chi connectivity index (χ1n) is 6.00. The van der Waals surface area contributed by atoms with Crippen LogP contribution in [0, 0.1) is 0 Å². The first-order chi connectivity index (χ1) is 8.38. The van der Waals surface area contributed by atoms with Crippen LogP contribution in [-0.2, 0) is 23.8 Å². The number of Topliss-reactive ketones (excluding diaryl/α,β-unsaturated/α-hetero) is 1. The minimum Gasteiger partial charge on any atom is -0.463 e. The van der Waals surface area contributed by atoms with Crippen LogP contribution in [0.1, 0.15) is 33.6 Å². The van der Waals surface area contributed by atoms with Gasteiger partial charge in [0.05, 0.1) is 12.2 Å². The van der Waals surface area contributed by atoms with Crippen molar-refractivity contribution in [2.45, 2.75) is 58.2 Å². The van der Waals surface area contributed by atoms with Gasteiger partial charge < -0.3 is 19.3 Å². The van der Waals surface area contributed by atoms with E-state index >= 15 is 0 Å². The molecular formula is C12H20O6. The molecule has 0 amide bonds. The normalized spacial score (nSPS) is 25.3. The van der Waals surface area contributed by atoms with Gasteiger partial charge in [0.1, 0.15) is 18.5 Å². The monoisotopic (exact) mass is 260 g/mol. The van der Waals surface area contributed by atoms with E-state index in [9.17, 15) is 9.59 Å². The van der Waals surface area contributed by atoms with Crippen molar-refractivity contribution in [3.05, 3.63) is 0 Å². The van der Waals surface area contributed by atoms with Gasteiger partial charge in [0, 0.05) is 19.8 Å². The largest absolute Gasteiger partial charge is 0.463 e. The maximum absolute atomic E-state index is 11.1. The van der Waals surface area contributed by atoms with Gasteiger partial charge in [0.15, 0.2) is 6.29 Å². The van der Waals surface area contributed by atoms with E-state index in [1.807, 2.05) is 6.92 Å². The van der Waals surface area contributed by atoms with Crippen molar-refractivity contribution in [2.75, 3.05) is 6.61 Å². The van der Waals surface area contributed by atoms with Crippen molar-refractivity contribution < 1.29 is 28.9 Å². The summed E-state index contributed by atoms with van der Waals surface area (Å²) in [6.07, 6.45) is -0.756. The molecule has 0 aromatic carbocycles. The molecule has 0 aromatic rings. The second-order valence-electron chi connectivity index (χ2n) is 4.58. The standard InChI is InChI=1S/C12H20O6/c1-7(13)4-10(6-16-9(3)14)17-8(2)5-11-12(15)18-11/h8,10-12,15H,4-6H2,1-3H3. The Kier molecular flexibility index (Phi) is 5.71. The lowest BCUT2D eigenvalue weighted by atomic mass is 10.2. The van der Waals surface area contributed by atoms with Gasteiger partial charge in [-0.25, -0.2) is 0 Å². The zero-order valence-corrected chi connectivity index (χ0v) is 10.9. The topological polar surface area (TPSA) is 85.4 Å². The Labute approximate surface area is 106 Å². The van der Waals surface area contributed by atoms with Gasteiger partial charge in [-0.2, -0.15) is 0 Å². The van der Waals surface area contributed by atoms with Crippen molar-refractivity contribution >= 4 is 11.8 Å². The molecule has 0 spiro atoms. The van der Waals surface area contributed by atoms with Crippen LogP contribution in [-0.4, -0.2) is 48.1 Å². The number of rotatable bonds is 8. The Hall–Kier alpha value is -0.980. The van der Waals surface area contributed by atoms with Crippen LogP contribution >= 0.6 is 0 Å². The number of aliphatic hydroxyl groups excluding tert-OH is 1. The number of carbonyl (C=O) groups excluding carboxylic acids is 2. The highest BCUT2D eigenvalue weighted by atomic mass is 16.7. The van der Waals surface area contributed by atoms with E-state index in [2.05, 4.69) is 0 Å². The number of hydrogen-bond acceptors (Lipinski definition) is 6. The molecule has 4 unspecified atom stereocenters. The van der Waals surface area contributed by atoms with Crippen molar-refractivity contribution in [3.63, 3.8) is 0 Å². The van der Waals surface area contributed by atoms with E-state index < -0.39 is 18.4 Å². The Morgan fingerprint density at radius 3 is 2.44 bits per heavy atom. The van der Waals surface area contributed by atoms with E-state index in [0.29, 0.717) is 6.42 Å². The van der Waals surface area contributed by atoms with Gasteiger partial charge in [0.2, 0.25) is 0 Å². The molecule has 0 radical (unpaired) electrons. The molecule has 4 atom stereocenters. The average Bonchev–Trinajstić information content (AvgIpc) is 2.89. The molecule has 1 aliphatic heterocycles. The van der Waals surface area contributed by atoms with Crippen LogP contribution in [0.2, 0.25) is 0 Å². The maximum Gasteiger partial charge on any atom is 0.302 e. The highest BCUT2D eigenvalue weighted by Gasteiger charge is 2.38. The fourth-order valence-corrected chi connectivity index (χ4v) is 1.69. The molecule has 0 aliphatic carbocycles. The van der Waals surface area contributed by atoms with E-state index in [-0.39, 0.29) is 31.0 Å². The predicted octanol–water partition coefficient (Wildman–Crippen LogP) is 0.410. The first-order valence-corrected chi connectivity index (χ1v) is 6.00. The van der Waals surface area contributed by atoms with Crippen molar-refractivity contribution in [1.82, 2.24) is 0 Å². The fourth-order valence-electron chi connectivity index (χ4n) is 1.69. The second kappa shape index (κ2) is 6.82. The Balaban J connectivity index is 2.33. The van der Waals surface area contributed by atoms with Crippen LogP contribution < -0.4 is 0 Å². The fraction of sp³-hybridized carbons (Fsp3) is 0.833. The zero-order chi connectivity index (χ0) is 13.7. The van der Waals surface area contributed by atoms with Crippen molar-refractivity contribution in [1.29, 1.82) is 0 Å². The van der Waals surface area contributed by atoms with E-state index in [1.54, 1.807) is 0 Å². The van der Waals surface area contributed by atoms with Crippen LogP contribution in [0.4, 0.5) is 0 Å². The molecule has 1 rings (SSSR count).